The van der Waals surface area contributed by atoms with Crippen molar-refractivity contribution in [2.75, 3.05) is 11.9 Å². The first-order valence-corrected chi connectivity index (χ1v) is 6.34. The van der Waals surface area contributed by atoms with Crippen molar-refractivity contribution in [3.8, 4) is 0 Å². The third-order valence-electron chi connectivity index (χ3n) is 2.97. The maximum absolute atomic E-state index is 13.7. The van der Waals surface area contributed by atoms with Gasteiger partial charge in [-0.05, 0) is 24.6 Å². The summed E-state index contributed by atoms with van der Waals surface area (Å²) in [6.07, 6.45) is 0. The molecule has 2 N–H and O–H groups in total. The van der Waals surface area contributed by atoms with E-state index in [9.17, 15) is 9.50 Å². The SMILES string of the molecule is CC(O)(CNc1cccc(Cl)c1F)c1ccccc1. The summed E-state index contributed by atoms with van der Waals surface area (Å²) >= 11 is 5.70. The molecule has 4 heteroatoms. The molecule has 0 aromatic heterocycles. The maximum Gasteiger partial charge on any atom is 0.164 e. The van der Waals surface area contributed by atoms with E-state index in [0.717, 1.165) is 5.56 Å². The van der Waals surface area contributed by atoms with Crippen molar-refractivity contribution < 1.29 is 9.50 Å². The predicted octanol–water partition coefficient (Wildman–Crippen LogP) is 3.80. The first-order valence-electron chi connectivity index (χ1n) is 5.96. The molecule has 100 valence electrons. The van der Waals surface area contributed by atoms with Crippen LogP contribution in [0.2, 0.25) is 5.02 Å². The summed E-state index contributed by atoms with van der Waals surface area (Å²) in [6.45, 7) is 1.87. The van der Waals surface area contributed by atoms with E-state index < -0.39 is 11.4 Å². The van der Waals surface area contributed by atoms with E-state index in [0.29, 0.717) is 0 Å². The third-order valence-corrected chi connectivity index (χ3v) is 3.26. The van der Waals surface area contributed by atoms with Crippen LogP contribution >= 0.6 is 11.6 Å². The largest absolute Gasteiger partial charge is 0.384 e. The van der Waals surface area contributed by atoms with Gasteiger partial charge in [0.2, 0.25) is 0 Å². The van der Waals surface area contributed by atoms with E-state index in [-0.39, 0.29) is 17.3 Å². The molecule has 0 fully saturated rings. The standard InChI is InChI=1S/C15H15ClFNO/c1-15(19,11-6-3-2-4-7-11)10-18-13-9-5-8-12(16)14(13)17/h2-9,18-19H,10H2,1H3. The average Bonchev–Trinajstić information content (AvgIpc) is 2.41. The molecule has 1 atom stereocenters. The first kappa shape index (κ1) is 13.8. The smallest absolute Gasteiger partial charge is 0.164 e. The van der Waals surface area contributed by atoms with Crippen LogP contribution in [-0.4, -0.2) is 11.7 Å². The molecule has 2 aromatic carbocycles. The van der Waals surface area contributed by atoms with Gasteiger partial charge in [-0.25, -0.2) is 4.39 Å². The number of anilines is 1. The maximum atomic E-state index is 13.7. The number of hydrogen-bond donors (Lipinski definition) is 2. The summed E-state index contributed by atoms with van der Waals surface area (Å²) in [7, 11) is 0. The Morgan fingerprint density at radius 2 is 1.84 bits per heavy atom. The minimum Gasteiger partial charge on any atom is -0.384 e. The van der Waals surface area contributed by atoms with Crippen LogP contribution in [0.3, 0.4) is 0 Å². The highest BCUT2D eigenvalue weighted by atomic mass is 35.5. The van der Waals surface area contributed by atoms with Gasteiger partial charge in [0.15, 0.2) is 5.82 Å². The quantitative estimate of drug-likeness (QED) is 0.892. The highest BCUT2D eigenvalue weighted by Gasteiger charge is 2.23. The van der Waals surface area contributed by atoms with E-state index in [4.69, 9.17) is 11.6 Å². The van der Waals surface area contributed by atoms with Gasteiger partial charge in [-0.2, -0.15) is 0 Å². The van der Waals surface area contributed by atoms with Crippen molar-refractivity contribution in [3.05, 3.63) is 64.9 Å². The molecule has 0 aliphatic carbocycles. The predicted molar refractivity (Wildman–Crippen MR) is 75.9 cm³/mol. The fraction of sp³-hybridized carbons (Fsp3) is 0.200. The lowest BCUT2D eigenvalue weighted by Gasteiger charge is -2.25. The van der Waals surface area contributed by atoms with E-state index in [2.05, 4.69) is 5.32 Å². The van der Waals surface area contributed by atoms with Crippen LogP contribution in [0.15, 0.2) is 48.5 Å². The molecule has 2 nitrogen and oxygen atoms in total. The van der Waals surface area contributed by atoms with Crippen LogP contribution in [0.25, 0.3) is 0 Å². The lowest BCUT2D eigenvalue weighted by molar-refractivity contribution is 0.0715. The molecule has 0 saturated heterocycles. The van der Waals surface area contributed by atoms with Crippen LogP contribution in [0.4, 0.5) is 10.1 Å². The molecule has 2 aromatic rings. The molecule has 2 rings (SSSR count). The number of rotatable bonds is 4. The van der Waals surface area contributed by atoms with E-state index >= 15 is 0 Å². The van der Waals surface area contributed by atoms with Gasteiger partial charge in [-0.3, -0.25) is 0 Å². The molecule has 0 heterocycles. The fourth-order valence-electron chi connectivity index (χ4n) is 1.81. The molecule has 0 bridgehead atoms. The van der Waals surface area contributed by atoms with Crippen LogP contribution in [-0.2, 0) is 5.60 Å². The van der Waals surface area contributed by atoms with Crippen molar-refractivity contribution in [3.63, 3.8) is 0 Å². The molecular weight excluding hydrogens is 265 g/mol. The topological polar surface area (TPSA) is 32.3 Å². The summed E-state index contributed by atoms with van der Waals surface area (Å²) in [5.41, 5.74) is -0.0376. The molecule has 0 radical (unpaired) electrons. The van der Waals surface area contributed by atoms with Crippen LogP contribution in [0, 0.1) is 5.82 Å². The zero-order valence-electron chi connectivity index (χ0n) is 10.5. The lowest BCUT2D eigenvalue weighted by atomic mass is 9.96. The lowest BCUT2D eigenvalue weighted by Crippen LogP contribution is -2.30. The first-order chi connectivity index (χ1) is 9.00. The normalized spacial score (nSPS) is 13.9. The van der Waals surface area contributed by atoms with Gasteiger partial charge in [0.05, 0.1) is 10.7 Å². The van der Waals surface area contributed by atoms with Gasteiger partial charge >= 0.3 is 0 Å². The average molecular weight is 280 g/mol. The van der Waals surface area contributed by atoms with Crippen LogP contribution < -0.4 is 5.32 Å². The van der Waals surface area contributed by atoms with Gasteiger partial charge in [0.1, 0.15) is 5.60 Å². The second kappa shape index (κ2) is 5.59. The Kier molecular flexibility index (Phi) is 4.08. The van der Waals surface area contributed by atoms with Gasteiger partial charge in [0.25, 0.3) is 0 Å². The number of benzene rings is 2. The Bertz CT molecular complexity index is 557. The van der Waals surface area contributed by atoms with E-state index in [1.807, 2.05) is 30.3 Å². The summed E-state index contributed by atoms with van der Waals surface area (Å²) in [6, 6.07) is 14.0. The zero-order chi connectivity index (χ0) is 13.9. The van der Waals surface area contributed by atoms with E-state index in [1.165, 1.54) is 6.07 Å². The fourth-order valence-corrected chi connectivity index (χ4v) is 1.98. The molecular formula is C15H15ClFNO. The molecule has 0 spiro atoms. The van der Waals surface area contributed by atoms with Crippen LogP contribution in [0.5, 0.6) is 0 Å². The Balaban J connectivity index is 2.12. The van der Waals surface area contributed by atoms with Crippen molar-refractivity contribution in [2.45, 2.75) is 12.5 Å². The third kappa shape index (κ3) is 3.25. The number of halogens is 2. The number of aliphatic hydroxyl groups is 1. The van der Waals surface area contributed by atoms with Crippen molar-refractivity contribution in [1.82, 2.24) is 0 Å². The number of hydrogen-bond acceptors (Lipinski definition) is 2. The van der Waals surface area contributed by atoms with Crippen molar-refractivity contribution >= 4 is 17.3 Å². The summed E-state index contributed by atoms with van der Waals surface area (Å²) < 4.78 is 13.7. The zero-order valence-corrected chi connectivity index (χ0v) is 11.3. The second-order valence-corrected chi connectivity index (χ2v) is 5.00. The van der Waals surface area contributed by atoms with Crippen LogP contribution in [0.1, 0.15) is 12.5 Å². The summed E-state index contributed by atoms with van der Waals surface area (Å²) in [5, 5.41) is 13.3. The molecule has 1 unspecified atom stereocenters. The monoisotopic (exact) mass is 279 g/mol. The minimum absolute atomic E-state index is 0.0596. The highest BCUT2D eigenvalue weighted by Crippen LogP contribution is 2.25. The highest BCUT2D eigenvalue weighted by molar-refractivity contribution is 6.31. The van der Waals surface area contributed by atoms with E-state index in [1.54, 1.807) is 19.1 Å². The Hall–Kier alpha value is -1.58. The van der Waals surface area contributed by atoms with Gasteiger partial charge in [-0.15, -0.1) is 0 Å². The van der Waals surface area contributed by atoms with Crippen molar-refractivity contribution in [2.24, 2.45) is 0 Å². The summed E-state index contributed by atoms with van der Waals surface area (Å²) in [4.78, 5) is 0. The van der Waals surface area contributed by atoms with Crippen molar-refractivity contribution in [1.29, 1.82) is 0 Å². The second-order valence-electron chi connectivity index (χ2n) is 4.59. The number of nitrogens with one attached hydrogen (secondary N) is 1. The Morgan fingerprint density at radius 1 is 1.16 bits per heavy atom. The molecule has 0 aliphatic heterocycles. The molecule has 0 aliphatic rings. The van der Waals surface area contributed by atoms with Gasteiger partial charge in [0, 0.05) is 6.54 Å². The Labute approximate surface area is 116 Å². The summed E-state index contributed by atoms with van der Waals surface area (Å²) in [5.74, 6) is -0.506. The molecule has 0 saturated carbocycles. The molecule has 0 amide bonds. The minimum atomic E-state index is -1.09. The molecule has 19 heavy (non-hydrogen) atoms. The Morgan fingerprint density at radius 3 is 2.53 bits per heavy atom. The van der Waals surface area contributed by atoms with Gasteiger partial charge in [-0.1, -0.05) is 48.0 Å². The van der Waals surface area contributed by atoms with Gasteiger partial charge < -0.3 is 10.4 Å².